The number of hydrogen-bond acceptors (Lipinski definition) is 11. The molecule has 12 nitrogen and oxygen atoms in total. The van der Waals surface area contributed by atoms with E-state index in [1.807, 2.05) is 6.92 Å². The number of ketones is 1. The molecule has 4 atom stereocenters. The number of thioether (sulfide) groups is 1. The summed E-state index contributed by atoms with van der Waals surface area (Å²) in [6.45, 7) is 6.77. The number of hydrogen-bond donors (Lipinski definition) is 2. The minimum absolute atomic E-state index is 0.00960. The van der Waals surface area contributed by atoms with E-state index >= 15 is 0 Å². The molecule has 1 fully saturated rings. The summed E-state index contributed by atoms with van der Waals surface area (Å²) < 4.78 is 27.4. The summed E-state index contributed by atoms with van der Waals surface area (Å²) in [5.41, 5.74) is 0. The summed E-state index contributed by atoms with van der Waals surface area (Å²) in [6, 6.07) is -0.362. The molecule has 0 aliphatic carbocycles. The van der Waals surface area contributed by atoms with Crippen molar-refractivity contribution in [3.05, 3.63) is 0 Å². The number of imide groups is 1. The highest BCUT2D eigenvalue weighted by Gasteiger charge is 2.39. The third-order valence-electron chi connectivity index (χ3n) is 6.09. The van der Waals surface area contributed by atoms with Gasteiger partial charge in [0.1, 0.15) is 5.78 Å². The Labute approximate surface area is 236 Å². The van der Waals surface area contributed by atoms with Crippen LogP contribution in [0.4, 0.5) is 0 Å². The van der Waals surface area contributed by atoms with E-state index in [1.54, 1.807) is 21.3 Å². The van der Waals surface area contributed by atoms with Crippen molar-refractivity contribution >= 4 is 35.3 Å². The molecule has 1 aliphatic rings. The van der Waals surface area contributed by atoms with E-state index in [0.717, 1.165) is 4.90 Å². The number of rotatable bonds is 24. The maximum atomic E-state index is 12.6. The quantitative estimate of drug-likeness (QED) is 0.122. The number of Topliss-reactive ketones (excluding diaryl/α,β-unsaturated/α-hetero) is 1. The number of ether oxygens (including phenoxy) is 5. The topological polar surface area (TPSA) is 142 Å². The number of nitrogens with one attached hydrogen (secondary N) is 2. The summed E-state index contributed by atoms with van der Waals surface area (Å²) in [7, 11) is 4.93. The largest absolute Gasteiger partial charge is 0.382 e. The van der Waals surface area contributed by atoms with Crippen LogP contribution in [0.25, 0.3) is 0 Å². The van der Waals surface area contributed by atoms with Gasteiger partial charge in [0.2, 0.25) is 17.7 Å². The maximum Gasteiger partial charge on any atom is 0.242 e. The lowest BCUT2D eigenvalue weighted by molar-refractivity contribution is -0.138. The number of likely N-dealkylation sites (tertiary alicyclic amines) is 1. The van der Waals surface area contributed by atoms with E-state index in [-0.39, 0.29) is 61.1 Å². The standard InChI is InChI=1S/C26H47N3O9S/c1-19(37-13-11-34-4)15-21(38-14-12-35-5)17-36-10-6-8-28-24(31)7-9-29-25(32)16-23(26(29)33)39-18-22(27-3)20(2)30/h19,21-23,27H,6-18H2,1-5H3,(H,28,31)/t19?,21?,22-,23?/m0/s1. The van der Waals surface area contributed by atoms with Gasteiger partial charge in [0.05, 0.1) is 56.5 Å². The van der Waals surface area contributed by atoms with Gasteiger partial charge in [-0.3, -0.25) is 24.1 Å². The van der Waals surface area contributed by atoms with Crippen LogP contribution in [0.3, 0.4) is 0 Å². The number of methoxy groups -OCH3 is 2. The van der Waals surface area contributed by atoms with Gasteiger partial charge in [-0.05, 0) is 27.3 Å². The molecule has 0 aromatic heterocycles. The predicted octanol–water partition coefficient (Wildman–Crippen LogP) is 0.410. The van der Waals surface area contributed by atoms with Crippen LogP contribution >= 0.6 is 11.8 Å². The van der Waals surface area contributed by atoms with Crippen molar-refractivity contribution < 1.29 is 42.9 Å². The molecular weight excluding hydrogens is 530 g/mol. The zero-order valence-electron chi connectivity index (χ0n) is 24.0. The van der Waals surface area contributed by atoms with Gasteiger partial charge in [-0.25, -0.2) is 0 Å². The number of nitrogens with zero attached hydrogens (tertiary/aromatic N) is 1. The second-order valence-corrected chi connectivity index (χ2v) is 10.5. The molecule has 3 unspecified atom stereocenters. The summed E-state index contributed by atoms with van der Waals surface area (Å²) in [6.07, 6.45) is 1.26. The second kappa shape index (κ2) is 21.2. The van der Waals surface area contributed by atoms with Crippen molar-refractivity contribution in [3.8, 4) is 0 Å². The SMILES string of the molecule is CN[C@@H](CSC1CC(=O)N(CCC(=O)NCCCOCC(CC(C)OCCOC)OCCOC)C1=O)C(C)=O. The van der Waals surface area contributed by atoms with Gasteiger partial charge in [-0.2, -0.15) is 0 Å². The van der Waals surface area contributed by atoms with E-state index < -0.39 is 5.25 Å². The van der Waals surface area contributed by atoms with Crippen LogP contribution in [0.15, 0.2) is 0 Å². The fourth-order valence-corrected chi connectivity index (χ4v) is 5.16. The molecule has 0 bridgehead atoms. The Morgan fingerprint density at radius 3 is 2.41 bits per heavy atom. The van der Waals surface area contributed by atoms with Crippen molar-refractivity contribution in [1.29, 1.82) is 0 Å². The molecule has 13 heteroatoms. The number of carbonyl (C=O) groups excluding carboxylic acids is 4. The van der Waals surface area contributed by atoms with E-state index in [4.69, 9.17) is 23.7 Å². The summed E-state index contributed by atoms with van der Waals surface area (Å²) >= 11 is 1.29. The Balaban J connectivity index is 2.27. The number of likely N-dealkylation sites (N-methyl/N-ethyl adjacent to an activating group) is 1. The highest BCUT2D eigenvalue weighted by atomic mass is 32.2. The third-order valence-corrected chi connectivity index (χ3v) is 7.38. The van der Waals surface area contributed by atoms with Crippen LogP contribution in [0.1, 0.15) is 39.5 Å². The monoisotopic (exact) mass is 577 g/mol. The van der Waals surface area contributed by atoms with Gasteiger partial charge in [0.15, 0.2) is 0 Å². The first kappa shape index (κ1) is 35.4. The lowest BCUT2D eigenvalue weighted by Gasteiger charge is -2.22. The number of amides is 3. The number of carbonyl (C=O) groups is 4. The van der Waals surface area contributed by atoms with Crippen LogP contribution in [-0.2, 0) is 42.9 Å². The first-order chi connectivity index (χ1) is 18.7. The molecule has 3 amide bonds. The Hall–Kier alpha value is -1.61. The fraction of sp³-hybridized carbons (Fsp3) is 0.846. The van der Waals surface area contributed by atoms with Crippen molar-refractivity contribution in [2.45, 2.75) is 63.0 Å². The molecule has 1 aliphatic heterocycles. The van der Waals surface area contributed by atoms with Gasteiger partial charge in [-0.15, -0.1) is 11.8 Å². The molecule has 1 heterocycles. The van der Waals surface area contributed by atoms with Gasteiger partial charge in [0, 0.05) is 58.9 Å². The summed E-state index contributed by atoms with van der Waals surface area (Å²) in [5.74, 6) is -0.434. The molecule has 0 saturated carbocycles. The molecule has 2 N–H and O–H groups in total. The average molecular weight is 578 g/mol. The van der Waals surface area contributed by atoms with Crippen molar-refractivity contribution in [1.82, 2.24) is 15.5 Å². The van der Waals surface area contributed by atoms with Gasteiger partial charge >= 0.3 is 0 Å². The Bertz CT molecular complexity index is 743. The molecule has 0 aromatic rings. The summed E-state index contributed by atoms with van der Waals surface area (Å²) in [4.78, 5) is 49.8. The van der Waals surface area contributed by atoms with Crippen molar-refractivity contribution in [3.63, 3.8) is 0 Å². The zero-order valence-corrected chi connectivity index (χ0v) is 24.8. The molecule has 0 spiro atoms. The van der Waals surface area contributed by atoms with Crippen LogP contribution in [0.5, 0.6) is 0 Å². The smallest absolute Gasteiger partial charge is 0.242 e. The Morgan fingerprint density at radius 1 is 1.08 bits per heavy atom. The first-order valence-electron chi connectivity index (χ1n) is 13.4. The van der Waals surface area contributed by atoms with Gasteiger partial charge in [0.25, 0.3) is 0 Å². The molecular formula is C26H47N3O9S. The zero-order chi connectivity index (χ0) is 29.0. The highest BCUT2D eigenvalue weighted by molar-refractivity contribution is 8.00. The average Bonchev–Trinajstić information content (AvgIpc) is 3.16. The third kappa shape index (κ3) is 15.1. The second-order valence-electron chi connectivity index (χ2n) is 9.29. The first-order valence-corrected chi connectivity index (χ1v) is 14.5. The summed E-state index contributed by atoms with van der Waals surface area (Å²) in [5, 5.41) is 5.19. The molecule has 39 heavy (non-hydrogen) atoms. The normalized spacial score (nSPS) is 17.9. The fourth-order valence-electron chi connectivity index (χ4n) is 3.81. The Kier molecular flexibility index (Phi) is 19.2. The van der Waals surface area contributed by atoms with E-state index in [1.165, 1.54) is 18.7 Å². The molecule has 0 radical (unpaired) electrons. The van der Waals surface area contributed by atoms with Crippen LogP contribution in [0.2, 0.25) is 0 Å². The van der Waals surface area contributed by atoms with E-state index in [9.17, 15) is 19.2 Å². The molecule has 226 valence electrons. The predicted molar refractivity (Wildman–Crippen MR) is 148 cm³/mol. The van der Waals surface area contributed by atoms with Gasteiger partial charge < -0.3 is 34.3 Å². The highest BCUT2D eigenvalue weighted by Crippen LogP contribution is 2.26. The van der Waals surface area contributed by atoms with Crippen molar-refractivity contribution in [2.24, 2.45) is 0 Å². The minimum Gasteiger partial charge on any atom is -0.382 e. The maximum absolute atomic E-state index is 12.6. The van der Waals surface area contributed by atoms with Gasteiger partial charge in [-0.1, -0.05) is 0 Å². The van der Waals surface area contributed by atoms with Crippen LogP contribution in [-0.4, -0.2) is 132 Å². The molecule has 1 saturated heterocycles. The Morgan fingerprint density at radius 2 is 1.77 bits per heavy atom. The molecule has 1 rings (SSSR count). The van der Waals surface area contributed by atoms with Crippen LogP contribution < -0.4 is 10.6 Å². The minimum atomic E-state index is -0.518. The lowest BCUT2D eigenvalue weighted by atomic mass is 10.2. The van der Waals surface area contributed by atoms with Crippen LogP contribution in [0, 0.1) is 0 Å². The lowest BCUT2D eigenvalue weighted by Crippen LogP contribution is -2.37. The molecule has 0 aromatic carbocycles. The van der Waals surface area contributed by atoms with E-state index in [2.05, 4.69) is 10.6 Å². The van der Waals surface area contributed by atoms with Crippen molar-refractivity contribution in [2.75, 3.05) is 79.8 Å². The van der Waals surface area contributed by atoms with E-state index in [0.29, 0.717) is 64.8 Å².